The van der Waals surface area contributed by atoms with Gasteiger partial charge in [-0.3, -0.25) is 0 Å². The SMILES string of the molecule is C=C(C)C(=O)OC(C)COCCCOCC(C)OC(=O)NCc1cc(C(N)=C=O)cc(C(N)=C=O)c1. The predicted octanol–water partition coefficient (Wildman–Crippen LogP) is 1.49. The maximum Gasteiger partial charge on any atom is 0.407 e. The fraction of sp³-hybridized carbons (Fsp3) is 0.440. The number of carbonyl (C=O) groups excluding carboxylic acids is 4. The molecule has 1 aromatic carbocycles. The second-order valence-corrected chi connectivity index (χ2v) is 8.02. The van der Waals surface area contributed by atoms with E-state index in [1.54, 1.807) is 44.8 Å². The minimum absolute atomic E-state index is 0.0307. The standard InChI is InChI=1S/C25H33N3O8/c1-16(2)24(31)35-17(3)14-33-6-5-7-34-15-18(4)36-25(32)28-11-19-8-20(22(26)12-29)10-21(9-19)23(27)13-30/h8-10,17-18H,1,5-7,11,14-15,26-27H2,2-4H3,(H,28,32). The normalized spacial score (nSPS) is 11.9. The van der Waals surface area contributed by atoms with Gasteiger partial charge in [-0.1, -0.05) is 6.58 Å². The molecule has 36 heavy (non-hydrogen) atoms. The molecule has 0 aliphatic heterocycles. The number of carbonyl (C=O) groups is 2. The zero-order valence-corrected chi connectivity index (χ0v) is 20.8. The van der Waals surface area contributed by atoms with E-state index in [-0.39, 0.29) is 37.3 Å². The van der Waals surface area contributed by atoms with E-state index < -0.39 is 18.2 Å². The average Bonchev–Trinajstić information content (AvgIpc) is 2.85. The van der Waals surface area contributed by atoms with Gasteiger partial charge in [0.15, 0.2) is 11.9 Å². The minimum atomic E-state index is -0.683. The summed E-state index contributed by atoms with van der Waals surface area (Å²) in [5.41, 5.74) is 12.4. The smallest absolute Gasteiger partial charge is 0.407 e. The maximum atomic E-state index is 12.1. The summed E-state index contributed by atoms with van der Waals surface area (Å²) in [5.74, 6) is 2.70. The number of rotatable bonds is 15. The van der Waals surface area contributed by atoms with Crippen molar-refractivity contribution in [2.75, 3.05) is 26.4 Å². The van der Waals surface area contributed by atoms with Gasteiger partial charge in [-0.15, -0.1) is 0 Å². The average molecular weight is 504 g/mol. The first-order valence-corrected chi connectivity index (χ1v) is 11.2. The number of alkyl carbamates (subject to hydrolysis) is 1. The first kappa shape index (κ1) is 30.2. The molecule has 1 aromatic rings. The molecule has 11 nitrogen and oxygen atoms in total. The Balaban J connectivity index is 2.35. The van der Waals surface area contributed by atoms with Crippen molar-refractivity contribution in [2.24, 2.45) is 11.5 Å². The number of esters is 1. The van der Waals surface area contributed by atoms with Crippen LogP contribution >= 0.6 is 0 Å². The Bertz CT molecular complexity index is 984. The molecule has 0 aromatic heterocycles. The third kappa shape index (κ3) is 11.5. The van der Waals surface area contributed by atoms with Crippen LogP contribution in [0.15, 0.2) is 30.4 Å². The molecular weight excluding hydrogens is 470 g/mol. The lowest BCUT2D eigenvalue weighted by Gasteiger charge is -2.15. The van der Waals surface area contributed by atoms with Gasteiger partial charge >= 0.3 is 12.1 Å². The van der Waals surface area contributed by atoms with E-state index in [1.165, 1.54) is 6.07 Å². The third-order valence-electron chi connectivity index (χ3n) is 4.52. The van der Waals surface area contributed by atoms with Crippen LogP contribution < -0.4 is 16.8 Å². The molecule has 11 heteroatoms. The molecule has 0 heterocycles. The predicted molar refractivity (Wildman–Crippen MR) is 132 cm³/mol. The van der Waals surface area contributed by atoms with Crippen molar-refractivity contribution >= 4 is 35.3 Å². The van der Waals surface area contributed by atoms with Crippen molar-refractivity contribution in [3.05, 3.63) is 47.0 Å². The Morgan fingerprint density at radius 3 is 1.92 bits per heavy atom. The maximum absolute atomic E-state index is 12.1. The van der Waals surface area contributed by atoms with E-state index >= 15 is 0 Å². The van der Waals surface area contributed by atoms with Crippen LogP contribution in [0, 0.1) is 0 Å². The van der Waals surface area contributed by atoms with E-state index in [4.69, 9.17) is 30.4 Å². The van der Waals surface area contributed by atoms with E-state index in [0.29, 0.717) is 41.9 Å². The quantitative estimate of drug-likeness (QED) is 0.138. The monoisotopic (exact) mass is 503 g/mol. The zero-order valence-electron chi connectivity index (χ0n) is 20.8. The molecule has 0 bridgehead atoms. The Labute approximate surface area is 210 Å². The zero-order chi connectivity index (χ0) is 27.1. The molecule has 0 saturated heterocycles. The molecule has 0 aliphatic carbocycles. The van der Waals surface area contributed by atoms with E-state index in [1.807, 2.05) is 0 Å². The van der Waals surface area contributed by atoms with Crippen molar-refractivity contribution in [2.45, 2.75) is 45.9 Å². The van der Waals surface area contributed by atoms with E-state index in [2.05, 4.69) is 11.9 Å². The summed E-state index contributed by atoms with van der Waals surface area (Å²) in [6.07, 6.45) is -0.974. The largest absolute Gasteiger partial charge is 0.457 e. The second-order valence-electron chi connectivity index (χ2n) is 8.02. The van der Waals surface area contributed by atoms with Crippen LogP contribution in [-0.4, -0.2) is 62.6 Å². The number of benzene rings is 1. The molecule has 0 radical (unpaired) electrons. The van der Waals surface area contributed by atoms with Crippen LogP contribution in [0.5, 0.6) is 0 Å². The number of hydrogen-bond acceptors (Lipinski definition) is 10. The minimum Gasteiger partial charge on any atom is -0.457 e. The number of ether oxygens (including phenoxy) is 4. The highest BCUT2D eigenvalue weighted by Crippen LogP contribution is 2.17. The van der Waals surface area contributed by atoms with Gasteiger partial charge in [0.2, 0.25) is 0 Å². The lowest BCUT2D eigenvalue weighted by Crippen LogP contribution is -2.29. The Kier molecular flexibility index (Phi) is 13.3. The van der Waals surface area contributed by atoms with Crippen molar-refractivity contribution < 1.29 is 38.1 Å². The van der Waals surface area contributed by atoms with E-state index in [0.717, 1.165) is 0 Å². The molecule has 5 N–H and O–H groups in total. The topological polar surface area (TPSA) is 169 Å². The van der Waals surface area contributed by atoms with Crippen molar-refractivity contribution in [3.8, 4) is 0 Å². The van der Waals surface area contributed by atoms with Crippen LogP contribution in [0.3, 0.4) is 0 Å². The second kappa shape index (κ2) is 15.9. The van der Waals surface area contributed by atoms with Crippen LogP contribution in [-0.2, 0) is 39.9 Å². The number of hydrogen-bond donors (Lipinski definition) is 3. The summed E-state index contributed by atoms with van der Waals surface area (Å²) in [7, 11) is 0. The van der Waals surface area contributed by atoms with E-state index in [9.17, 15) is 19.2 Å². The number of nitrogens with one attached hydrogen (secondary N) is 1. The third-order valence-corrected chi connectivity index (χ3v) is 4.52. The molecule has 1 rings (SSSR count). The summed E-state index contributed by atoms with van der Waals surface area (Å²) in [4.78, 5) is 45.2. The Morgan fingerprint density at radius 1 is 0.944 bits per heavy atom. The van der Waals surface area contributed by atoms with Crippen LogP contribution in [0.4, 0.5) is 4.79 Å². The summed E-state index contributed by atoms with van der Waals surface area (Å²) < 4.78 is 21.3. The lowest BCUT2D eigenvalue weighted by molar-refractivity contribution is -0.146. The molecule has 0 fully saturated rings. The van der Waals surface area contributed by atoms with Gasteiger partial charge in [0, 0.05) is 36.5 Å². The molecular formula is C25H33N3O8. The molecule has 0 spiro atoms. The fourth-order valence-corrected chi connectivity index (χ4v) is 2.73. The summed E-state index contributed by atoms with van der Waals surface area (Å²) in [5, 5.41) is 2.57. The first-order valence-electron chi connectivity index (χ1n) is 11.2. The van der Waals surface area contributed by atoms with Crippen molar-refractivity contribution in [1.29, 1.82) is 0 Å². The summed E-state index contributed by atoms with van der Waals surface area (Å²) in [6.45, 7) is 9.78. The molecule has 0 saturated carbocycles. The molecule has 0 aliphatic rings. The van der Waals surface area contributed by atoms with Crippen molar-refractivity contribution in [1.82, 2.24) is 5.32 Å². The summed E-state index contributed by atoms with van der Waals surface area (Å²) >= 11 is 0. The van der Waals surface area contributed by atoms with Gasteiger partial charge in [-0.2, -0.15) is 0 Å². The molecule has 2 atom stereocenters. The van der Waals surface area contributed by atoms with Gasteiger partial charge < -0.3 is 35.7 Å². The van der Waals surface area contributed by atoms with Crippen LogP contribution in [0.25, 0.3) is 11.4 Å². The fourth-order valence-electron chi connectivity index (χ4n) is 2.73. The van der Waals surface area contributed by atoms with Crippen LogP contribution in [0.1, 0.15) is 43.9 Å². The number of amides is 1. The van der Waals surface area contributed by atoms with Gasteiger partial charge in [0.25, 0.3) is 0 Å². The van der Waals surface area contributed by atoms with Gasteiger partial charge in [-0.05, 0) is 51.0 Å². The Morgan fingerprint density at radius 2 is 1.44 bits per heavy atom. The highest BCUT2D eigenvalue weighted by atomic mass is 16.6. The molecule has 2 unspecified atom stereocenters. The number of nitrogens with two attached hydrogens (primary N) is 2. The first-order chi connectivity index (χ1) is 17.1. The lowest BCUT2D eigenvalue weighted by atomic mass is 10.0. The van der Waals surface area contributed by atoms with Crippen molar-refractivity contribution in [3.63, 3.8) is 0 Å². The van der Waals surface area contributed by atoms with Gasteiger partial charge in [0.1, 0.15) is 23.6 Å². The Hall–Kier alpha value is -3.88. The molecule has 1 amide bonds. The highest BCUT2D eigenvalue weighted by molar-refractivity contribution is 5.90. The van der Waals surface area contributed by atoms with Gasteiger partial charge in [-0.25, -0.2) is 19.2 Å². The summed E-state index contributed by atoms with van der Waals surface area (Å²) in [6, 6.07) is 4.57. The highest BCUT2D eigenvalue weighted by Gasteiger charge is 2.12. The molecule has 196 valence electrons. The van der Waals surface area contributed by atoms with Gasteiger partial charge in [0.05, 0.1) is 13.2 Å². The van der Waals surface area contributed by atoms with Crippen LogP contribution in [0.2, 0.25) is 0 Å².